The lowest BCUT2D eigenvalue weighted by Gasteiger charge is -2.22. The molecule has 1 atom stereocenters. The van der Waals surface area contributed by atoms with Crippen molar-refractivity contribution in [1.82, 2.24) is 5.32 Å². The van der Waals surface area contributed by atoms with Crippen molar-refractivity contribution in [3.63, 3.8) is 0 Å². The summed E-state index contributed by atoms with van der Waals surface area (Å²) in [7, 11) is 0. The molecule has 0 radical (unpaired) electrons. The number of hydrogen-bond acceptors (Lipinski definition) is 3. The molecule has 0 amide bonds. The van der Waals surface area contributed by atoms with E-state index < -0.39 is 5.60 Å². The van der Waals surface area contributed by atoms with Gasteiger partial charge in [-0.25, -0.2) is 0 Å². The lowest BCUT2D eigenvalue weighted by molar-refractivity contribution is 0.0839. The average Bonchev–Trinajstić information content (AvgIpc) is 2.71. The minimum absolute atomic E-state index is 0.536. The van der Waals surface area contributed by atoms with E-state index in [0.29, 0.717) is 5.92 Å². The standard InChI is InChI=1S/C17H28N2O/c1-13(2)10-18-11-15-5-6-16(9-14(15)3)19-8-7-17(4,20)12-19/h5-6,9,13,18,20H,7-8,10-12H2,1-4H3. The second-order valence-corrected chi connectivity index (χ2v) is 6.80. The summed E-state index contributed by atoms with van der Waals surface area (Å²) in [5.74, 6) is 0.682. The topological polar surface area (TPSA) is 35.5 Å². The molecular formula is C17H28N2O. The Morgan fingerprint density at radius 3 is 2.70 bits per heavy atom. The second kappa shape index (κ2) is 6.15. The third-order valence-electron chi connectivity index (χ3n) is 4.01. The Kier molecular flexibility index (Phi) is 4.71. The van der Waals surface area contributed by atoms with Crippen LogP contribution in [0, 0.1) is 12.8 Å². The van der Waals surface area contributed by atoms with Gasteiger partial charge in [0.15, 0.2) is 0 Å². The molecule has 1 saturated heterocycles. The molecular weight excluding hydrogens is 248 g/mol. The molecule has 0 aliphatic carbocycles. The molecule has 112 valence electrons. The molecule has 1 heterocycles. The molecule has 1 aromatic carbocycles. The van der Waals surface area contributed by atoms with Gasteiger partial charge in [-0.3, -0.25) is 0 Å². The summed E-state index contributed by atoms with van der Waals surface area (Å²) >= 11 is 0. The number of rotatable bonds is 5. The third kappa shape index (κ3) is 3.97. The normalized spacial score (nSPS) is 22.8. The van der Waals surface area contributed by atoms with Gasteiger partial charge in [-0.2, -0.15) is 0 Å². The predicted molar refractivity (Wildman–Crippen MR) is 85.2 cm³/mol. The van der Waals surface area contributed by atoms with Crippen LogP contribution < -0.4 is 10.2 Å². The minimum atomic E-state index is -0.536. The highest BCUT2D eigenvalue weighted by molar-refractivity contribution is 5.52. The first-order valence-electron chi connectivity index (χ1n) is 7.65. The summed E-state index contributed by atoms with van der Waals surface area (Å²) in [6.07, 6.45) is 0.851. The smallest absolute Gasteiger partial charge is 0.0810 e. The molecule has 0 aromatic heterocycles. The van der Waals surface area contributed by atoms with E-state index in [-0.39, 0.29) is 0 Å². The van der Waals surface area contributed by atoms with Crippen LogP contribution in [0.15, 0.2) is 18.2 Å². The zero-order valence-electron chi connectivity index (χ0n) is 13.2. The largest absolute Gasteiger partial charge is 0.388 e. The number of aryl methyl sites for hydroxylation is 1. The number of hydrogen-bond donors (Lipinski definition) is 2. The first-order chi connectivity index (χ1) is 9.37. The maximum atomic E-state index is 10.1. The van der Waals surface area contributed by atoms with Crippen LogP contribution in [0.4, 0.5) is 5.69 Å². The Bertz CT molecular complexity index is 454. The number of aliphatic hydroxyl groups is 1. The Labute approximate surface area is 123 Å². The van der Waals surface area contributed by atoms with Crippen molar-refractivity contribution in [1.29, 1.82) is 0 Å². The van der Waals surface area contributed by atoms with E-state index in [0.717, 1.165) is 32.6 Å². The average molecular weight is 276 g/mol. The highest BCUT2D eigenvalue weighted by Crippen LogP contribution is 2.27. The molecule has 2 N–H and O–H groups in total. The molecule has 1 aromatic rings. The Hall–Kier alpha value is -1.06. The van der Waals surface area contributed by atoms with Crippen LogP contribution in [0.1, 0.15) is 38.3 Å². The van der Waals surface area contributed by atoms with Crippen LogP contribution in [-0.4, -0.2) is 30.3 Å². The van der Waals surface area contributed by atoms with Crippen LogP contribution in [0.2, 0.25) is 0 Å². The molecule has 0 spiro atoms. The molecule has 1 aliphatic heterocycles. The van der Waals surface area contributed by atoms with Crippen LogP contribution >= 0.6 is 0 Å². The lowest BCUT2D eigenvalue weighted by atomic mass is 10.1. The quantitative estimate of drug-likeness (QED) is 0.868. The van der Waals surface area contributed by atoms with Crippen LogP contribution in [0.25, 0.3) is 0 Å². The maximum Gasteiger partial charge on any atom is 0.0810 e. The van der Waals surface area contributed by atoms with Crippen molar-refractivity contribution in [3.8, 4) is 0 Å². The van der Waals surface area contributed by atoms with Gasteiger partial charge in [-0.05, 0) is 56.0 Å². The highest BCUT2D eigenvalue weighted by atomic mass is 16.3. The third-order valence-corrected chi connectivity index (χ3v) is 4.01. The fourth-order valence-electron chi connectivity index (χ4n) is 2.74. The van der Waals surface area contributed by atoms with E-state index in [2.05, 4.69) is 49.2 Å². The van der Waals surface area contributed by atoms with Gasteiger partial charge in [0, 0.05) is 25.3 Å². The van der Waals surface area contributed by atoms with Crippen molar-refractivity contribution in [3.05, 3.63) is 29.3 Å². The van der Waals surface area contributed by atoms with Gasteiger partial charge in [-0.15, -0.1) is 0 Å². The SMILES string of the molecule is Cc1cc(N2CCC(C)(O)C2)ccc1CNCC(C)C. The van der Waals surface area contributed by atoms with Gasteiger partial charge >= 0.3 is 0 Å². The number of nitrogens with zero attached hydrogens (tertiary/aromatic N) is 1. The Morgan fingerprint density at radius 2 is 2.15 bits per heavy atom. The Morgan fingerprint density at radius 1 is 1.40 bits per heavy atom. The van der Waals surface area contributed by atoms with Gasteiger partial charge < -0.3 is 15.3 Å². The summed E-state index contributed by atoms with van der Waals surface area (Å²) in [4.78, 5) is 2.28. The summed E-state index contributed by atoms with van der Waals surface area (Å²) in [5, 5.41) is 13.6. The van der Waals surface area contributed by atoms with Crippen LogP contribution in [-0.2, 0) is 6.54 Å². The molecule has 20 heavy (non-hydrogen) atoms. The van der Waals surface area contributed by atoms with Gasteiger partial charge in [0.2, 0.25) is 0 Å². The zero-order chi connectivity index (χ0) is 14.8. The predicted octanol–water partition coefficient (Wildman–Crippen LogP) is 2.70. The molecule has 1 fully saturated rings. The van der Waals surface area contributed by atoms with Crippen molar-refractivity contribution in [2.45, 2.75) is 46.3 Å². The highest BCUT2D eigenvalue weighted by Gasteiger charge is 2.31. The van der Waals surface area contributed by atoms with E-state index >= 15 is 0 Å². The molecule has 3 nitrogen and oxygen atoms in total. The van der Waals surface area contributed by atoms with Crippen LogP contribution in [0.3, 0.4) is 0 Å². The van der Waals surface area contributed by atoms with E-state index in [9.17, 15) is 5.11 Å². The fraction of sp³-hybridized carbons (Fsp3) is 0.647. The minimum Gasteiger partial charge on any atom is -0.388 e. The van der Waals surface area contributed by atoms with Crippen LogP contribution in [0.5, 0.6) is 0 Å². The summed E-state index contributed by atoms with van der Waals surface area (Å²) in [5.41, 5.74) is 3.38. The van der Waals surface area contributed by atoms with E-state index in [1.165, 1.54) is 16.8 Å². The molecule has 2 rings (SSSR count). The summed E-state index contributed by atoms with van der Waals surface area (Å²) < 4.78 is 0. The zero-order valence-corrected chi connectivity index (χ0v) is 13.2. The van der Waals surface area contributed by atoms with Crippen molar-refractivity contribution in [2.24, 2.45) is 5.92 Å². The maximum absolute atomic E-state index is 10.1. The molecule has 1 unspecified atom stereocenters. The fourth-order valence-corrected chi connectivity index (χ4v) is 2.74. The van der Waals surface area contributed by atoms with E-state index in [4.69, 9.17) is 0 Å². The number of anilines is 1. The van der Waals surface area contributed by atoms with Gasteiger partial charge in [0.05, 0.1) is 5.60 Å². The Balaban J connectivity index is 1.99. The van der Waals surface area contributed by atoms with Crippen molar-refractivity contribution < 1.29 is 5.11 Å². The molecule has 0 bridgehead atoms. The number of nitrogens with one attached hydrogen (secondary N) is 1. The summed E-state index contributed by atoms with van der Waals surface area (Å²) in [6.45, 7) is 12.2. The number of benzene rings is 1. The summed E-state index contributed by atoms with van der Waals surface area (Å²) in [6, 6.07) is 6.64. The second-order valence-electron chi connectivity index (χ2n) is 6.80. The monoisotopic (exact) mass is 276 g/mol. The first-order valence-corrected chi connectivity index (χ1v) is 7.65. The number of β-amino-alcohol motifs (C(OH)–C–C–N with tert-alkyl or cyclic N) is 1. The first kappa shape index (κ1) is 15.3. The van der Waals surface area contributed by atoms with E-state index in [1.807, 2.05) is 6.92 Å². The van der Waals surface area contributed by atoms with Gasteiger partial charge in [0.25, 0.3) is 0 Å². The van der Waals surface area contributed by atoms with Crippen molar-refractivity contribution >= 4 is 5.69 Å². The molecule has 0 saturated carbocycles. The van der Waals surface area contributed by atoms with Crippen molar-refractivity contribution in [2.75, 3.05) is 24.5 Å². The van der Waals surface area contributed by atoms with Gasteiger partial charge in [0.1, 0.15) is 0 Å². The van der Waals surface area contributed by atoms with Gasteiger partial charge in [-0.1, -0.05) is 19.9 Å². The molecule has 1 aliphatic rings. The molecule has 3 heteroatoms. The van der Waals surface area contributed by atoms with E-state index in [1.54, 1.807) is 0 Å². The lowest BCUT2D eigenvalue weighted by Crippen LogP contribution is -2.29.